The first-order chi connectivity index (χ1) is 21.3. The van der Waals surface area contributed by atoms with E-state index in [2.05, 4.69) is 29.0 Å². The lowest BCUT2D eigenvalue weighted by atomic mass is 9.74. The molecule has 0 radical (unpaired) electrons. The van der Waals surface area contributed by atoms with Crippen LogP contribution >= 0.6 is 0 Å². The van der Waals surface area contributed by atoms with Gasteiger partial charge in [-0.2, -0.15) is 0 Å². The second-order valence-corrected chi connectivity index (χ2v) is 13.4. The number of pyridine rings is 3. The van der Waals surface area contributed by atoms with Crippen molar-refractivity contribution < 1.29 is 18.8 Å². The Morgan fingerprint density at radius 3 is 2.36 bits per heavy atom. The highest BCUT2D eigenvalue weighted by atomic mass is 16.7. The fourth-order valence-electron chi connectivity index (χ4n) is 5.91. The lowest BCUT2D eigenvalue weighted by molar-refractivity contribution is -0.00545. The number of aryl methyl sites for hydroxylation is 1. The maximum Gasteiger partial charge on any atom is 0.495 e. The Bertz CT molecular complexity index is 1730. The summed E-state index contributed by atoms with van der Waals surface area (Å²) in [4.78, 5) is 30.1. The van der Waals surface area contributed by atoms with Crippen LogP contribution in [0.2, 0.25) is 0 Å². The van der Waals surface area contributed by atoms with E-state index in [-0.39, 0.29) is 24.7 Å². The van der Waals surface area contributed by atoms with E-state index in [0.29, 0.717) is 11.3 Å². The molecule has 0 aliphatic carbocycles. The molecule has 9 nitrogen and oxygen atoms in total. The van der Waals surface area contributed by atoms with Crippen LogP contribution in [-0.2, 0) is 20.6 Å². The van der Waals surface area contributed by atoms with Gasteiger partial charge < -0.3 is 24.3 Å². The zero-order valence-corrected chi connectivity index (χ0v) is 27.5. The SMILES string of the molecule is Cc1cc(C(=O)NCc2cc3nc(-c4cccc(N5C[C@@H](C)O[C@@H](C)C5)n4)ccc3cn2)cc(B2OC(C)(C)C(C)(C)O2)c1C. The van der Waals surface area contributed by atoms with Gasteiger partial charge in [0.25, 0.3) is 5.91 Å². The quantitative estimate of drug-likeness (QED) is 0.301. The number of nitrogens with zero attached hydrogens (tertiary/aromatic N) is 4. The van der Waals surface area contributed by atoms with Gasteiger partial charge in [-0.15, -0.1) is 0 Å². The van der Waals surface area contributed by atoms with Crippen LogP contribution in [0, 0.1) is 13.8 Å². The Kier molecular flexibility index (Phi) is 8.18. The Balaban J connectivity index is 1.19. The van der Waals surface area contributed by atoms with Crippen molar-refractivity contribution in [3.05, 3.63) is 77.1 Å². The summed E-state index contributed by atoms with van der Waals surface area (Å²) in [5.74, 6) is 0.731. The third-order valence-corrected chi connectivity index (χ3v) is 9.28. The molecule has 0 bridgehead atoms. The molecule has 45 heavy (non-hydrogen) atoms. The van der Waals surface area contributed by atoms with Crippen molar-refractivity contribution in [3.63, 3.8) is 0 Å². The zero-order chi connectivity index (χ0) is 32.1. The third-order valence-electron chi connectivity index (χ3n) is 9.28. The maximum absolute atomic E-state index is 13.4. The number of benzene rings is 1. The van der Waals surface area contributed by atoms with Gasteiger partial charge in [0.15, 0.2) is 0 Å². The molecule has 2 aliphatic heterocycles. The first kappa shape index (κ1) is 31.1. The second-order valence-electron chi connectivity index (χ2n) is 13.4. The lowest BCUT2D eigenvalue weighted by Crippen LogP contribution is -2.45. The Morgan fingerprint density at radius 2 is 1.64 bits per heavy atom. The molecule has 2 aliphatic rings. The van der Waals surface area contributed by atoms with Crippen LogP contribution in [0.1, 0.15) is 68.7 Å². The number of rotatable bonds is 6. The summed E-state index contributed by atoms with van der Waals surface area (Å²) in [5.41, 5.74) is 5.64. The van der Waals surface area contributed by atoms with Gasteiger partial charge in [-0.05, 0) is 114 Å². The molecule has 1 amide bonds. The van der Waals surface area contributed by atoms with Crippen LogP contribution in [0.5, 0.6) is 0 Å². The second kappa shape index (κ2) is 11.8. The molecule has 0 unspecified atom stereocenters. The van der Waals surface area contributed by atoms with Gasteiger partial charge in [-0.25, -0.2) is 9.97 Å². The molecule has 0 spiro atoms. The minimum absolute atomic E-state index is 0.150. The summed E-state index contributed by atoms with van der Waals surface area (Å²) >= 11 is 0. The van der Waals surface area contributed by atoms with E-state index in [1.807, 2.05) is 90.1 Å². The minimum atomic E-state index is -0.542. The number of fused-ring (bicyclic) bond motifs is 1. The molecule has 6 rings (SSSR count). The number of amides is 1. The third kappa shape index (κ3) is 6.32. The summed E-state index contributed by atoms with van der Waals surface area (Å²) in [6.07, 6.45) is 2.09. The number of morpholine rings is 1. The van der Waals surface area contributed by atoms with E-state index in [0.717, 1.165) is 57.8 Å². The van der Waals surface area contributed by atoms with Crippen molar-refractivity contribution in [1.29, 1.82) is 0 Å². The van der Waals surface area contributed by atoms with E-state index in [4.69, 9.17) is 24.0 Å². The lowest BCUT2D eigenvalue weighted by Gasteiger charge is -2.36. The fourth-order valence-corrected chi connectivity index (χ4v) is 5.91. The minimum Gasteiger partial charge on any atom is -0.399 e. The first-order valence-corrected chi connectivity index (χ1v) is 15.7. The topological polar surface area (TPSA) is 98.7 Å². The highest BCUT2D eigenvalue weighted by molar-refractivity contribution is 6.62. The number of carbonyl (C=O) groups excluding carboxylic acids is 1. The Hall–Kier alpha value is -3.86. The summed E-state index contributed by atoms with van der Waals surface area (Å²) in [7, 11) is -0.542. The summed E-state index contributed by atoms with van der Waals surface area (Å²) in [6.45, 7) is 18.2. The molecule has 2 atom stereocenters. The number of nitrogens with one attached hydrogen (secondary N) is 1. The Morgan fingerprint density at radius 1 is 0.956 bits per heavy atom. The average Bonchev–Trinajstić information content (AvgIpc) is 3.22. The van der Waals surface area contributed by atoms with Crippen molar-refractivity contribution in [2.24, 2.45) is 0 Å². The van der Waals surface area contributed by atoms with E-state index in [9.17, 15) is 4.79 Å². The number of hydrogen-bond donors (Lipinski definition) is 1. The molecule has 0 saturated carbocycles. The highest BCUT2D eigenvalue weighted by Gasteiger charge is 2.52. The normalized spacial score (nSPS) is 20.9. The van der Waals surface area contributed by atoms with Gasteiger partial charge in [0.1, 0.15) is 5.82 Å². The molecule has 1 aromatic carbocycles. The highest BCUT2D eigenvalue weighted by Crippen LogP contribution is 2.37. The largest absolute Gasteiger partial charge is 0.495 e. The monoisotopic (exact) mass is 607 g/mol. The van der Waals surface area contributed by atoms with Crippen molar-refractivity contribution in [1.82, 2.24) is 20.3 Å². The van der Waals surface area contributed by atoms with Crippen LogP contribution in [0.4, 0.5) is 5.82 Å². The van der Waals surface area contributed by atoms with Crippen LogP contribution in [0.3, 0.4) is 0 Å². The predicted octanol–water partition coefficient (Wildman–Crippen LogP) is 5.15. The number of hydrogen-bond acceptors (Lipinski definition) is 8. The van der Waals surface area contributed by atoms with Crippen molar-refractivity contribution in [2.45, 2.75) is 85.3 Å². The fraction of sp³-hybridized carbons (Fsp3) is 0.429. The van der Waals surface area contributed by atoms with Crippen molar-refractivity contribution >= 4 is 35.2 Å². The molecule has 3 aromatic heterocycles. The summed E-state index contributed by atoms with van der Waals surface area (Å²) in [6, 6.07) is 15.7. The molecule has 234 valence electrons. The van der Waals surface area contributed by atoms with Gasteiger partial charge in [0, 0.05) is 30.2 Å². The molecule has 2 saturated heterocycles. The van der Waals surface area contributed by atoms with Crippen molar-refractivity contribution in [2.75, 3.05) is 18.0 Å². The summed E-state index contributed by atoms with van der Waals surface area (Å²) < 4.78 is 18.5. The van der Waals surface area contributed by atoms with Gasteiger partial charge in [0.2, 0.25) is 0 Å². The van der Waals surface area contributed by atoms with E-state index in [1.54, 1.807) is 6.20 Å². The van der Waals surface area contributed by atoms with E-state index >= 15 is 0 Å². The molecule has 10 heteroatoms. The molecule has 5 heterocycles. The number of aromatic nitrogens is 3. The number of anilines is 1. The van der Waals surface area contributed by atoms with E-state index < -0.39 is 18.3 Å². The van der Waals surface area contributed by atoms with Crippen LogP contribution in [0.15, 0.2) is 54.7 Å². The standard InChI is InChI=1S/C35H42BN5O4/c1-21-14-26(15-28(24(21)4)36-44-34(5,6)35(7,8)45-36)33(42)38-18-27-16-31-25(17-37-27)12-13-30(39-31)29-10-9-11-32(40-29)41-19-22(2)43-23(3)20-41/h9-17,22-23H,18-20H2,1-8H3,(H,38,42)/t22-,23+. The molecular weight excluding hydrogens is 565 g/mol. The average molecular weight is 608 g/mol. The number of ether oxygens (including phenoxy) is 1. The van der Waals surface area contributed by atoms with Crippen molar-refractivity contribution in [3.8, 4) is 11.4 Å². The first-order valence-electron chi connectivity index (χ1n) is 15.7. The molecule has 4 aromatic rings. The number of carbonyl (C=O) groups is 1. The van der Waals surface area contributed by atoms with Gasteiger partial charge in [-0.3, -0.25) is 9.78 Å². The van der Waals surface area contributed by atoms with Crippen LogP contribution in [-0.4, -0.2) is 64.5 Å². The Labute approximate surface area is 265 Å². The van der Waals surface area contributed by atoms with E-state index in [1.165, 1.54) is 0 Å². The smallest absolute Gasteiger partial charge is 0.399 e. The van der Waals surface area contributed by atoms with Crippen LogP contribution < -0.4 is 15.7 Å². The van der Waals surface area contributed by atoms with Gasteiger partial charge in [0.05, 0.1) is 52.6 Å². The summed E-state index contributed by atoms with van der Waals surface area (Å²) in [5, 5.41) is 3.95. The van der Waals surface area contributed by atoms with Gasteiger partial charge in [-0.1, -0.05) is 6.07 Å². The van der Waals surface area contributed by atoms with Gasteiger partial charge >= 0.3 is 7.12 Å². The maximum atomic E-state index is 13.4. The van der Waals surface area contributed by atoms with Crippen LogP contribution in [0.25, 0.3) is 22.3 Å². The zero-order valence-electron chi connectivity index (χ0n) is 27.5. The molecular formula is C35H42BN5O4. The molecule has 1 N–H and O–H groups in total. The predicted molar refractivity (Wildman–Crippen MR) is 178 cm³/mol. The molecule has 2 fully saturated rings.